The first-order valence-electron chi connectivity index (χ1n) is 6.30. The lowest BCUT2D eigenvalue weighted by Crippen LogP contribution is -2.23. The number of ether oxygens (including phenoxy) is 1. The van der Waals surface area contributed by atoms with Gasteiger partial charge in [-0.15, -0.1) is 0 Å². The first-order chi connectivity index (χ1) is 7.98. The predicted octanol–water partition coefficient (Wildman–Crippen LogP) is 3.49. The van der Waals surface area contributed by atoms with E-state index < -0.39 is 6.10 Å². The average molecular weight is 236 g/mol. The number of methoxy groups -OCH3 is 1. The van der Waals surface area contributed by atoms with Crippen molar-refractivity contribution < 1.29 is 9.84 Å². The summed E-state index contributed by atoms with van der Waals surface area (Å²) in [5.41, 5.74) is 2.14. The Hall–Kier alpha value is -0.860. The normalized spacial score (nSPS) is 13.7. The number of aliphatic hydroxyl groups is 1. The number of aryl methyl sites for hydroxylation is 1. The van der Waals surface area contributed by atoms with Gasteiger partial charge in [0.25, 0.3) is 0 Å². The van der Waals surface area contributed by atoms with Crippen LogP contribution >= 0.6 is 0 Å². The second-order valence-corrected chi connectivity index (χ2v) is 5.11. The van der Waals surface area contributed by atoms with Crippen molar-refractivity contribution in [1.29, 1.82) is 0 Å². The van der Waals surface area contributed by atoms with Gasteiger partial charge >= 0.3 is 0 Å². The largest absolute Gasteiger partial charge is 0.388 e. The molecule has 0 aliphatic heterocycles. The minimum absolute atomic E-state index is 0.162. The molecule has 0 aromatic heterocycles. The summed E-state index contributed by atoms with van der Waals surface area (Å²) in [6, 6.07) is 8.20. The second-order valence-electron chi connectivity index (χ2n) is 5.11. The highest BCUT2D eigenvalue weighted by Gasteiger charge is 2.18. The summed E-state index contributed by atoms with van der Waals surface area (Å²) >= 11 is 0. The third-order valence-corrected chi connectivity index (χ3v) is 3.35. The van der Waals surface area contributed by atoms with E-state index in [9.17, 15) is 5.11 Å². The van der Waals surface area contributed by atoms with Crippen molar-refractivity contribution in [3.8, 4) is 0 Å². The molecular formula is C15H24O2. The molecule has 2 nitrogen and oxygen atoms in total. The Kier molecular flexibility index (Phi) is 5.16. The molecule has 1 rings (SSSR count). The van der Waals surface area contributed by atoms with Crippen LogP contribution in [0, 0.1) is 0 Å². The Labute approximate surface area is 105 Å². The fourth-order valence-electron chi connectivity index (χ4n) is 1.73. The molecule has 0 fully saturated rings. The summed E-state index contributed by atoms with van der Waals surface area (Å²) in [7, 11) is 1.71. The second kappa shape index (κ2) is 6.18. The molecule has 1 aromatic carbocycles. The molecule has 0 saturated heterocycles. The average Bonchev–Trinajstić information content (AvgIpc) is 2.36. The Bertz CT molecular complexity index is 327. The van der Waals surface area contributed by atoms with Gasteiger partial charge in [0.2, 0.25) is 0 Å². The Balaban J connectivity index is 2.54. The zero-order valence-electron chi connectivity index (χ0n) is 11.4. The first kappa shape index (κ1) is 14.2. The Morgan fingerprint density at radius 3 is 2.29 bits per heavy atom. The number of aliphatic hydroxyl groups excluding tert-OH is 1. The van der Waals surface area contributed by atoms with E-state index in [1.807, 2.05) is 26.0 Å². The Morgan fingerprint density at radius 1 is 1.24 bits per heavy atom. The van der Waals surface area contributed by atoms with Gasteiger partial charge in [0.1, 0.15) is 0 Å². The smallest absolute Gasteiger partial charge is 0.0791 e. The summed E-state index contributed by atoms with van der Waals surface area (Å²) in [5, 5.41) is 10.1. The molecule has 0 spiro atoms. The summed E-state index contributed by atoms with van der Waals surface area (Å²) in [4.78, 5) is 0. The van der Waals surface area contributed by atoms with Crippen LogP contribution in [0.5, 0.6) is 0 Å². The van der Waals surface area contributed by atoms with Crippen LogP contribution in [0.1, 0.15) is 50.8 Å². The van der Waals surface area contributed by atoms with E-state index in [4.69, 9.17) is 4.74 Å². The molecular weight excluding hydrogens is 212 g/mol. The standard InChI is InChI=1S/C15H24O2/c1-5-12-6-8-13(9-7-12)14(16)10-11-15(2,3)17-4/h6-9,14,16H,5,10-11H2,1-4H3. The maximum absolute atomic E-state index is 10.1. The summed E-state index contributed by atoms with van der Waals surface area (Å²) < 4.78 is 5.35. The van der Waals surface area contributed by atoms with Crippen LogP contribution in [-0.4, -0.2) is 17.8 Å². The van der Waals surface area contributed by atoms with Gasteiger partial charge in [-0.05, 0) is 44.2 Å². The van der Waals surface area contributed by atoms with Crippen LogP contribution in [0.15, 0.2) is 24.3 Å². The molecule has 96 valence electrons. The van der Waals surface area contributed by atoms with Gasteiger partial charge in [-0.1, -0.05) is 31.2 Å². The molecule has 1 unspecified atom stereocenters. The van der Waals surface area contributed by atoms with Gasteiger partial charge in [0, 0.05) is 7.11 Å². The van der Waals surface area contributed by atoms with E-state index in [2.05, 4.69) is 19.1 Å². The maximum atomic E-state index is 10.1. The van der Waals surface area contributed by atoms with E-state index >= 15 is 0 Å². The monoisotopic (exact) mass is 236 g/mol. The van der Waals surface area contributed by atoms with Gasteiger partial charge in [-0.2, -0.15) is 0 Å². The van der Waals surface area contributed by atoms with Crippen molar-refractivity contribution in [3.05, 3.63) is 35.4 Å². The minimum atomic E-state index is -0.393. The van der Waals surface area contributed by atoms with Gasteiger partial charge in [0.15, 0.2) is 0 Å². The van der Waals surface area contributed by atoms with E-state index in [1.165, 1.54) is 5.56 Å². The van der Waals surface area contributed by atoms with Crippen molar-refractivity contribution in [2.75, 3.05) is 7.11 Å². The summed E-state index contributed by atoms with van der Waals surface area (Å²) in [6.07, 6.45) is 2.22. The highest BCUT2D eigenvalue weighted by molar-refractivity contribution is 5.24. The molecule has 2 heteroatoms. The molecule has 0 aliphatic carbocycles. The van der Waals surface area contributed by atoms with Gasteiger partial charge in [-0.3, -0.25) is 0 Å². The molecule has 0 radical (unpaired) electrons. The lowest BCUT2D eigenvalue weighted by atomic mass is 9.96. The van der Waals surface area contributed by atoms with Crippen molar-refractivity contribution in [1.82, 2.24) is 0 Å². The molecule has 0 aliphatic rings. The maximum Gasteiger partial charge on any atom is 0.0791 e. The molecule has 0 bridgehead atoms. The molecule has 0 heterocycles. The number of hydrogen-bond donors (Lipinski definition) is 1. The lowest BCUT2D eigenvalue weighted by molar-refractivity contribution is 0.00279. The molecule has 1 N–H and O–H groups in total. The van der Waals surface area contributed by atoms with Crippen molar-refractivity contribution >= 4 is 0 Å². The lowest BCUT2D eigenvalue weighted by Gasteiger charge is -2.24. The van der Waals surface area contributed by atoms with E-state index in [-0.39, 0.29) is 5.60 Å². The topological polar surface area (TPSA) is 29.5 Å². The van der Waals surface area contributed by atoms with Crippen LogP contribution < -0.4 is 0 Å². The predicted molar refractivity (Wildman–Crippen MR) is 71.1 cm³/mol. The van der Waals surface area contributed by atoms with E-state index in [1.54, 1.807) is 7.11 Å². The highest BCUT2D eigenvalue weighted by Crippen LogP contribution is 2.24. The van der Waals surface area contributed by atoms with Crippen molar-refractivity contribution in [3.63, 3.8) is 0 Å². The summed E-state index contributed by atoms with van der Waals surface area (Å²) in [6.45, 7) is 6.21. The Morgan fingerprint density at radius 2 is 1.82 bits per heavy atom. The fourth-order valence-corrected chi connectivity index (χ4v) is 1.73. The fraction of sp³-hybridized carbons (Fsp3) is 0.600. The van der Waals surface area contributed by atoms with E-state index in [0.29, 0.717) is 0 Å². The quantitative estimate of drug-likeness (QED) is 0.819. The third-order valence-electron chi connectivity index (χ3n) is 3.35. The van der Waals surface area contributed by atoms with E-state index in [0.717, 1.165) is 24.8 Å². The molecule has 1 atom stereocenters. The molecule has 0 amide bonds. The molecule has 1 aromatic rings. The van der Waals surface area contributed by atoms with Crippen molar-refractivity contribution in [2.24, 2.45) is 0 Å². The van der Waals surface area contributed by atoms with Gasteiger partial charge in [-0.25, -0.2) is 0 Å². The molecule has 0 saturated carbocycles. The highest BCUT2D eigenvalue weighted by atomic mass is 16.5. The summed E-state index contributed by atoms with van der Waals surface area (Å²) in [5.74, 6) is 0. The number of hydrogen-bond acceptors (Lipinski definition) is 2. The number of rotatable bonds is 6. The zero-order valence-corrected chi connectivity index (χ0v) is 11.4. The third kappa shape index (κ3) is 4.49. The number of benzene rings is 1. The van der Waals surface area contributed by atoms with Crippen LogP contribution in [0.25, 0.3) is 0 Å². The van der Waals surface area contributed by atoms with Crippen LogP contribution in [0.3, 0.4) is 0 Å². The van der Waals surface area contributed by atoms with Crippen molar-refractivity contribution in [2.45, 2.75) is 51.7 Å². The van der Waals surface area contributed by atoms with Gasteiger partial charge < -0.3 is 9.84 Å². The zero-order chi connectivity index (χ0) is 12.9. The van der Waals surface area contributed by atoms with Crippen LogP contribution in [0.2, 0.25) is 0 Å². The van der Waals surface area contributed by atoms with Gasteiger partial charge in [0.05, 0.1) is 11.7 Å². The minimum Gasteiger partial charge on any atom is -0.388 e. The SMILES string of the molecule is CCc1ccc(C(O)CCC(C)(C)OC)cc1. The van der Waals surface area contributed by atoms with Crippen LogP contribution in [0.4, 0.5) is 0 Å². The van der Waals surface area contributed by atoms with Crippen LogP contribution in [-0.2, 0) is 11.2 Å². The molecule has 17 heavy (non-hydrogen) atoms. The first-order valence-corrected chi connectivity index (χ1v) is 6.30.